The first-order valence-electron chi connectivity index (χ1n) is 6.18. The number of nitrogens with two attached hydrogens (primary N) is 1. The van der Waals surface area contributed by atoms with Gasteiger partial charge in [-0.25, -0.2) is 18.2 Å². The van der Waals surface area contributed by atoms with Crippen LogP contribution in [0.4, 0.5) is 11.5 Å². The Bertz CT molecular complexity index is 572. The number of hydrogen-bond acceptors (Lipinski definition) is 7. The second kappa shape index (κ2) is 7.09. The highest BCUT2D eigenvalue weighted by molar-refractivity contribution is 7.90. The van der Waals surface area contributed by atoms with Crippen molar-refractivity contribution in [2.75, 3.05) is 36.2 Å². The van der Waals surface area contributed by atoms with Crippen LogP contribution in [0.2, 0.25) is 0 Å². The summed E-state index contributed by atoms with van der Waals surface area (Å²) in [5.41, 5.74) is 6.28. The van der Waals surface area contributed by atoms with Gasteiger partial charge in [0.05, 0.1) is 23.6 Å². The van der Waals surface area contributed by atoms with Crippen molar-refractivity contribution in [1.29, 1.82) is 0 Å². The number of anilines is 2. The van der Waals surface area contributed by atoms with Crippen LogP contribution in [0, 0.1) is 0 Å². The Morgan fingerprint density at radius 1 is 1.50 bits per heavy atom. The monoisotopic (exact) mass is 301 g/mol. The van der Waals surface area contributed by atoms with Gasteiger partial charge in [0, 0.05) is 19.0 Å². The van der Waals surface area contributed by atoms with E-state index >= 15 is 0 Å². The lowest BCUT2D eigenvalue weighted by Gasteiger charge is -2.11. The molecule has 1 rings (SSSR count). The van der Waals surface area contributed by atoms with Gasteiger partial charge in [0.25, 0.3) is 0 Å². The molecule has 0 amide bonds. The predicted octanol–water partition coefficient (Wildman–Crippen LogP) is 0.687. The summed E-state index contributed by atoms with van der Waals surface area (Å²) < 4.78 is 26.9. The van der Waals surface area contributed by atoms with E-state index in [2.05, 4.69) is 10.3 Å². The zero-order chi connectivity index (χ0) is 15.2. The van der Waals surface area contributed by atoms with Crippen LogP contribution in [0.25, 0.3) is 0 Å². The summed E-state index contributed by atoms with van der Waals surface area (Å²) in [6.45, 7) is 2.37. The first kappa shape index (κ1) is 16.2. The van der Waals surface area contributed by atoms with Crippen LogP contribution < -0.4 is 11.1 Å². The first-order valence-corrected chi connectivity index (χ1v) is 8.24. The number of rotatable bonds is 7. The van der Waals surface area contributed by atoms with Crippen LogP contribution in [-0.2, 0) is 14.6 Å². The Morgan fingerprint density at radius 3 is 2.80 bits per heavy atom. The van der Waals surface area contributed by atoms with Gasteiger partial charge < -0.3 is 15.8 Å². The SMILES string of the molecule is CCOC(=O)c1ccnc(NCCCS(C)(=O)=O)c1N. The zero-order valence-electron chi connectivity index (χ0n) is 11.5. The van der Waals surface area contributed by atoms with E-state index in [1.165, 1.54) is 18.5 Å². The number of carbonyl (C=O) groups is 1. The number of ether oxygens (including phenoxy) is 1. The molecule has 0 fully saturated rings. The maximum absolute atomic E-state index is 11.6. The molecule has 0 aliphatic carbocycles. The Labute approximate surface area is 118 Å². The summed E-state index contributed by atoms with van der Waals surface area (Å²) >= 11 is 0. The number of nitrogen functional groups attached to an aromatic ring is 1. The van der Waals surface area contributed by atoms with Crippen LogP contribution in [0.5, 0.6) is 0 Å². The maximum Gasteiger partial charge on any atom is 0.340 e. The molecule has 0 aliphatic heterocycles. The van der Waals surface area contributed by atoms with Crippen molar-refractivity contribution in [2.45, 2.75) is 13.3 Å². The summed E-state index contributed by atoms with van der Waals surface area (Å²) in [6, 6.07) is 1.48. The smallest absolute Gasteiger partial charge is 0.340 e. The van der Waals surface area contributed by atoms with Gasteiger partial charge in [0.15, 0.2) is 0 Å². The zero-order valence-corrected chi connectivity index (χ0v) is 12.4. The van der Waals surface area contributed by atoms with Crippen LogP contribution in [0.15, 0.2) is 12.3 Å². The van der Waals surface area contributed by atoms with E-state index in [-0.39, 0.29) is 23.6 Å². The fourth-order valence-corrected chi connectivity index (χ4v) is 2.21. The highest BCUT2D eigenvalue weighted by atomic mass is 32.2. The number of aromatic nitrogens is 1. The summed E-state index contributed by atoms with van der Waals surface area (Å²) in [7, 11) is -2.98. The van der Waals surface area contributed by atoms with Gasteiger partial charge in [-0.2, -0.15) is 0 Å². The van der Waals surface area contributed by atoms with Crippen molar-refractivity contribution in [3.63, 3.8) is 0 Å². The Hall–Kier alpha value is -1.83. The lowest BCUT2D eigenvalue weighted by molar-refractivity contribution is 0.0527. The summed E-state index contributed by atoms with van der Waals surface area (Å²) in [6.07, 6.45) is 3.06. The lowest BCUT2D eigenvalue weighted by atomic mass is 10.2. The Morgan fingerprint density at radius 2 is 2.20 bits per heavy atom. The van der Waals surface area contributed by atoms with Crippen LogP contribution in [0.1, 0.15) is 23.7 Å². The van der Waals surface area contributed by atoms with Gasteiger partial charge in [0.2, 0.25) is 0 Å². The molecule has 0 saturated carbocycles. The number of hydrogen-bond donors (Lipinski definition) is 2. The van der Waals surface area contributed by atoms with Crippen LogP contribution in [0.3, 0.4) is 0 Å². The average Bonchev–Trinajstić information content (AvgIpc) is 2.35. The van der Waals surface area contributed by atoms with Gasteiger partial charge >= 0.3 is 5.97 Å². The molecule has 7 nitrogen and oxygen atoms in total. The molecule has 0 spiro atoms. The minimum atomic E-state index is -2.98. The highest BCUT2D eigenvalue weighted by Crippen LogP contribution is 2.20. The number of nitrogens with one attached hydrogen (secondary N) is 1. The molecular weight excluding hydrogens is 282 g/mol. The quantitative estimate of drug-likeness (QED) is 0.563. The largest absolute Gasteiger partial charge is 0.462 e. The van der Waals surface area contributed by atoms with Crippen molar-refractivity contribution in [3.05, 3.63) is 17.8 Å². The van der Waals surface area contributed by atoms with E-state index in [0.717, 1.165) is 0 Å². The van der Waals surface area contributed by atoms with E-state index in [0.29, 0.717) is 18.8 Å². The molecule has 1 aromatic heterocycles. The maximum atomic E-state index is 11.6. The van der Waals surface area contributed by atoms with E-state index in [9.17, 15) is 13.2 Å². The van der Waals surface area contributed by atoms with Crippen LogP contribution >= 0.6 is 0 Å². The third-order valence-electron chi connectivity index (χ3n) is 2.47. The minimum Gasteiger partial charge on any atom is -0.462 e. The third-order valence-corrected chi connectivity index (χ3v) is 3.50. The Balaban J connectivity index is 2.67. The number of pyridine rings is 1. The predicted molar refractivity (Wildman–Crippen MR) is 77.4 cm³/mol. The molecule has 1 aromatic rings. The first-order chi connectivity index (χ1) is 9.35. The molecule has 112 valence electrons. The minimum absolute atomic E-state index is 0.0808. The molecule has 0 aliphatic rings. The molecule has 0 unspecified atom stereocenters. The van der Waals surface area contributed by atoms with Gasteiger partial charge in [-0.1, -0.05) is 0 Å². The topological polar surface area (TPSA) is 111 Å². The van der Waals surface area contributed by atoms with Gasteiger partial charge in [0.1, 0.15) is 15.7 Å². The number of nitrogens with zero attached hydrogens (tertiary/aromatic N) is 1. The molecule has 0 atom stereocenters. The fourth-order valence-electron chi connectivity index (χ4n) is 1.54. The van der Waals surface area contributed by atoms with Gasteiger partial charge in [-0.15, -0.1) is 0 Å². The van der Waals surface area contributed by atoms with Crippen molar-refractivity contribution >= 4 is 27.3 Å². The number of sulfone groups is 1. The van der Waals surface area contributed by atoms with Crippen LogP contribution in [-0.4, -0.2) is 44.5 Å². The Kier molecular flexibility index (Phi) is 5.75. The van der Waals surface area contributed by atoms with E-state index in [1.807, 2.05) is 0 Å². The third kappa shape index (κ3) is 5.04. The van der Waals surface area contributed by atoms with E-state index in [4.69, 9.17) is 10.5 Å². The van der Waals surface area contributed by atoms with Gasteiger partial charge in [-0.3, -0.25) is 0 Å². The van der Waals surface area contributed by atoms with Crippen molar-refractivity contribution in [1.82, 2.24) is 4.98 Å². The van der Waals surface area contributed by atoms with Crippen molar-refractivity contribution < 1.29 is 17.9 Å². The number of carbonyl (C=O) groups excluding carboxylic acids is 1. The molecule has 1 heterocycles. The average molecular weight is 301 g/mol. The standard InChI is InChI=1S/C12H19N3O4S/c1-3-19-12(16)9-5-7-15-11(10(9)13)14-6-4-8-20(2,17)18/h5,7H,3-4,6,8,13H2,1-2H3,(H,14,15). The molecule has 0 bridgehead atoms. The second-order valence-electron chi connectivity index (χ2n) is 4.25. The van der Waals surface area contributed by atoms with E-state index < -0.39 is 15.8 Å². The number of esters is 1. The fraction of sp³-hybridized carbons (Fsp3) is 0.500. The molecular formula is C12H19N3O4S. The molecule has 20 heavy (non-hydrogen) atoms. The molecule has 0 saturated heterocycles. The summed E-state index contributed by atoms with van der Waals surface area (Å²) in [4.78, 5) is 15.7. The second-order valence-corrected chi connectivity index (χ2v) is 6.51. The molecule has 0 aromatic carbocycles. The van der Waals surface area contributed by atoms with Crippen molar-refractivity contribution in [3.8, 4) is 0 Å². The normalized spacial score (nSPS) is 11.1. The summed E-state index contributed by atoms with van der Waals surface area (Å²) in [5, 5.41) is 2.91. The van der Waals surface area contributed by atoms with Crippen molar-refractivity contribution in [2.24, 2.45) is 0 Å². The lowest BCUT2D eigenvalue weighted by Crippen LogP contribution is -2.14. The molecule has 3 N–H and O–H groups in total. The van der Waals surface area contributed by atoms with E-state index in [1.54, 1.807) is 6.92 Å². The van der Waals surface area contributed by atoms with Gasteiger partial charge in [-0.05, 0) is 19.4 Å². The molecule has 0 radical (unpaired) electrons. The molecule has 8 heteroatoms. The highest BCUT2D eigenvalue weighted by Gasteiger charge is 2.14. The summed E-state index contributed by atoms with van der Waals surface area (Å²) in [5.74, 6) is -0.0760.